The molecule has 8 heteroatoms. The molecule has 0 aromatic carbocycles. The summed E-state index contributed by atoms with van der Waals surface area (Å²) in [4.78, 5) is 13.9. The van der Waals surface area contributed by atoms with E-state index in [0.717, 1.165) is 0 Å². The minimum absolute atomic E-state index is 0. The first kappa shape index (κ1) is 7.54. The van der Waals surface area contributed by atoms with Crippen LogP contribution < -0.4 is 16.8 Å². The molecular formula is C7H18Cl2N4O2. The van der Waals surface area contributed by atoms with E-state index < -0.39 is 37.2 Å². The zero-order valence-corrected chi connectivity index (χ0v) is 9.41. The maximum absolute atomic E-state index is 10.8. The van der Waals surface area contributed by atoms with Gasteiger partial charge in [0, 0.05) is 19.0 Å². The standard InChI is InChI=1S/C7H16N4O2.2ClH/c1-10-7(9)11-4-2-3-5(8)6(12)13;;/h5H,2-4,8H2,1H3,(H,12,13)(H3,9,10,11);2*1H/i2D2,3D2,4D2,5D;;. The highest BCUT2D eigenvalue weighted by Gasteiger charge is 2.09. The van der Waals surface area contributed by atoms with E-state index >= 15 is 0 Å². The lowest BCUT2D eigenvalue weighted by atomic mass is 10.2. The summed E-state index contributed by atoms with van der Waals surface area (Å²) < 4.78 is 52.1. The smallest absolute Gasteiger partial charge is 0.320 e. The molecule has 0 saturated heterocycles. The summed E-state index contributed by atoms with van der Waals surface area (Å²) in [6.07, 6.45) is -7.15. The van der Waals surface area contributed by atoms with Crippen LogP contribution in [0.1, 0.15) is 22.3 Å². The van der Waals surface area contributed by atoms with Gasteiger partial charge in [-0.1, -0.05) is 0 Å². The van der Waals surface area contributed by atoms with Crippen LogP contribution in [0.3, 0.4) is 0 Å². The Morgan fingerprint density at radius 2 is 2.27 bits per heavy atom. The summed E-state index contributed by atoms with van der Waals surface area (Å²) in [6.45, 7) is -3.26. The molecule has 0 spiro atoms. The first-order valence-electron chi connectivity index (χ1n) is 6.70. The number of nitrogens with zero attached hydrogens (tertiary/aromatic N) is 1. The number of carboxylic acid groups (broad SMARTS) is 1. The summed E-state index contributed by atoms with van der Waals surface area (Å²) in [7, 11) is 1.27. The normalized spacial score (nSPS) is 23.9. The van der Waals surface area contributed by atoms with Crippen molar-refractivity contribution in [2.75, 3.05) is 13.5 Å². The fraction of sp³-hybridized carbons (Fsp3) is 0.714. The monoisotopic (exact) mass is 267 g/mol. The van der Waals surface area contributed by atoms with E-state index in [2.05, 4.69) is 10.3 Å². The molecule has 0 aromatic rings. The fourth-order valence-corrected chi connectivity index (χ4v) is 0.293. The van der Waals surface area contributed by atoms with Gasteiger partial charge in [0.1, 0.15) is 6.02 Å². The van der Waals surface area contributed by atoms with Crippen LogP contribution in [-0.4, -0.2) is 36.6 Å². The summed E-state index contributed by atoms with van der Waals surface area (Å²) >= 11 is 0. The Balaban J connectivity index is -0.00000180. The van der Waals surface area contributed by atoms with Crippen molar-refractivity contribution in [2.45, 2.75) is 18.8 Å². The third-order valence-electron chi connectivity index (χ3n) is 0.916. The van der Waals surface area contributed by atoms with Crippen LogP contribution in [-0.2, 0) is 4.79 Å². The van der Waals surface area contributed by atoms with E-state index in [1.807, 2.05) is 0 Å². The number of nitrogens with one attached hydrogen (secondary N) is 1. The van der Waals surface area contributed by atoms with Crippen LogP contribution in [0.2, 0.25) is 0 Å². The Bertz CT molecular complexity index is 433. The van der Waals surface area contributed by atoms with Gasteiger partial charge < -0.3 is 21.9 Å². The number of aliphatic carboxylic acids is 1. The number of guanidine groups is 1. The van der Waals surface area contributed by atoms with E-state index in [1.165, 1.54) is 7.05 Å². The molecule has 15 heavy (non-hydrogen) atoms. The molecule has 1 atom stereocenters. The zero-order valence-electron chi connectivity index (χ0n) is 14.8. The molecule has 0 aliphatic heterocycles. The van der Waals surface area contributed by atoms with Crippen LogP contribution in [0.4, 0.5) is 0 Å². The Labute approximate surface area is 111 Å². The van der Waals surface area contributed by atoms with E-state index in [9.17, 15) is 4.79 Å². The van der Waals surface area contributed by atoms with Gasteiger partial charge in [0.05, 0.1) is 4.11 Å². The maximum atomic E-state index is 10.8. The molecule has 0 aliphatic rings. The lowest BCUT2D eigenvalue weighted by Crippen LogP contribution is -2.30. The van der Waals surface area contributed by atoms with Crippen molar-refractivity contribution in [2.24, 2.45) is 16.5 Å². The van der Waals surface area contributed by atoms with Gasteiger partial charge in [-0.05, 0) is 12.7 Å². The molecule has 0 heterocycles. The highest BCUT2D eigenvalue weighted by molar-refractivity contribution is 5.85. The van der Waals surface area contributed by atoms with E-state index in [4.69, 9.17) is 26.2 Å². The molecule has 0 rings (SSSR count). The number of halogens is 2. The van der Waals surface area contributed by atoms with Gasteiger partial charge in [0.2, 0.25) is 0 Å². The molecule has 0 fully saturated rings. The first-order valence-corrected chi connectivity index (χ1v) is 3.20. The number of carboxylic acids is 1. The number of nitrogens with two attached hydrogens (primary N) is 2. The minimum Gasteiger partial charge on any atom is -0.480 e. The number of hydrogen-bond donors (Lipinski definition) is 4. The van der Waals surface area contributed by atoms with Crippen molar-refractivity contribution in [1.82, 2.24) is 5.32 Å². The second-order valence-corrected chi connectivity index (χ2v) is 1.83. The van der Waals surface area contributed by atoms with Crippen LogP contribution in [0.15, 0.2) is 4.99 Å². The molecule has 6 nitrogen and oxygen atoms in total. The Morgan fingerprint density at radius 3 is 2.67 bits per heavy atom. The van der Waals surface area contributed by atoms with Crippen LogP contribution >= 0.6 is 24.8 Å². The largest absolute Gasteiger partial charge is 0.480 e. The summed E-state index contributed by atoms with van der Waals surface area (Å²) in [5, 5.41) is 10.9. The Morgan fingerprint density at radius 1 is 1.73 bits per heavy atom. The maximum Gasteiger partial charge on any atom is 0.320 e. The molecule has 0 bridgehead atoms. The molecule has 1 unspecified atom stereocenters. The molecular weight excluding hydrogens is 243 g/mol. The second-order valence-electron chi connectivity index (χ2n) is 1.83. The average Bonchev–Trinajstić information content (AvgIpc) is 2.27. The van der Waals surface area contributed by atoms with Crippen molar-refractivity contribution >= 4 is 36.7 Å². The number of hydrogen-bond acceptors (Lipinski definition) is 3. The highest BCUT2D eigenvalue weighted by Crippen LogP contribution is 1.94. The number of rotatable bonds is 5. The molecule has 0 saturated carbocycles. The SMILES string of the molecule is Cl.Cl.[2H]C([2H])(N=C(N)NC)C([2H])([2H])C([2H])([2H])C([2H])(N)C(=O)O. The minimum atomic E-state index is -3.60. The molecule has 0 radical (unpaired) electrons. The predicted octanol–water partition coefficient (Wildman–Crippen LogP) is -0.444. The third-order valence-corrected chi connectivity index (χ3v) is 0.916. The molecule has 0 amide bonds. The van der Waals surface area contributed by atoms with Gasteiger partial charge in [-0.25, -0.2) is 0 Å². The zero-order chi connectivity index (χ0) is 16.6. The summed E-state index contributed by atoms with van der Waals surface area (Å²) in [6, 6.07) is -3.42. The fourth-order valence-electron chi connectivity index (χ4n) is 0.293. The van der Waals surface area contributed by atoms with Gasteiger partial charge in [0.15, 0.2) is 5.96 Å². The van der Waals surface area contributed by atoms with Crippen LogP contribution in [0.25, 0.3) is 0 Å². The highest BCUT2D eigenvalue weighted by atomic mass is 35.5. The number of aliphatic imine (C=N–C) groups is 1. The van der Waals surface area contributed by atoms with Crippen LogP contribution in [0.5, 0.6) is 0 Å². The first-order chi connectivity index (χ1) is 8.65. The van der Waals surface area contributed by atoms with Crippen molar-refractivity contribution in [3.8, 4) is 0 Å². The Kier molecular flexibility index (Phi) is 5.71. The van der Waals surface area contributed by atoms with E-state index in [0.29, 0.717) is 0 Å². The van der Waals surface area contributed by atoms with Gasteiger partial charge in [-0.3, -0.25) is 9.79 Å². The number of carbonyl (C=O) groups is 1. The molecule has 0 aromatic heterocycles. The third kappa shape index (κ3) is 11.2. The van der Waals surface area contributed by atoms with Gasteiger partial charge >= 0.3 is 5.97 Å². The van der Waals surface area contributed by atoms with Gasteiger partial charge in [-0.2, -0.15) is 0 Å². The lowest BCUT2D eigenvalue weighted by molar-refractivity contribution is -0.138. The van der Waals surface area contributed by atoms with Crippen LogP contribution in [0, 0.1) is 0 Å². The quantitative estimate of drug-likeness (QED) is 0.398. The summed E-state index contributed by atoms with van der Waals surface area (Å²) in [5.74, 6) is -2.68. The van der Waals surface area contributed by atoms with Crippen molar-refractivity contribution < 1.29 is 19.5 Å². The molecule has 6 N–H and O–H groups in total. The summed E-state index contributed by atoms with van der Waals surface area (Å²) in [5.41, 5.74) is 10.2. The second kappa shape index (κ2) is 11.4. The van der Waals surface area contributed by atoms with E-state index in [-0.39, 0.29) is 24.8 Å². The average molecular weight is 268 g/mol. The van der Waals surface area contributed by atoms with E-state index in [1.54, 1.807) is 0 Å². The molecule has 92 valence electrons. The van der Waals surface area contributed by atoms with Gasteiger partial charge in [0.25, 0.3) is 0 Å². The van der Waals surface area contributed by atoms with Crippen molar-refractivity contribution in [3.63, 3.8) is 0 Å². The molecule has 0 aliphatic carbocycles. The lowest BCUT2D eigenvalue weighted by Gasteiger charge is -2.04. The topological polar surface area (TPSA) is 114 Å². The van der Waals surface area contributed by atoms with Gasteiger partial charge in [-0.15, -0.1) is 24.8 Å². The van der Waals surface area contributed by atoms with Crippen molar-refractivity contribution in [3.05, 3.63) is 0 Å². The van der Waals surface area contributed by atoms with Crippen molar-refractivity contribution in [1.29, 1.82) is 0 Å². The predicted molar refractivity (Wildman–Crippen MR) is 64.9 cm³/mol. The Hall–Kier alpha value is -0.720.